The number of carbonyl (C=O) groups excluding carboxylic acids is 1. The lowest BCUT2D eigenvalue weighted by Gasteiger charge is -2.18. The summed E-state index contributed by atoms with van der Waals surface area (Å²) < 4.78 is 1.47. The van der Waals surface area contributed by atoms with Crippen LogP contribution >= 0.6 is 11.3 Å². The molecule has 28 heavy (non-hydrogen) atoms. The molecule has 0 radical (unpaired) electrons. The number of nitrogens with zero attached hydrogens (tertiary/aromatic N) is 2. The number of nitrogens with one attached hydrogen (secondary N) is 1. The number of hydrogen-bond acceptors (Lipinski definition) is 4. The zero-order valence-corrected chi connectivity index (χ0v) is 17.5. The number of amides is 1. The smallest absolute Gasteiger partial charge is 0.263 e. The summed E-state index contributed by atoms with van der Waals surface area (Å²) in [6, 6.07) is 5.17. The maximum Gasteiger partial charge on any atom is 0.263 e. The predicted molar refractivity (Wildman–Crippen MR) is 114 cm³/mol. The Morgan fingerprint density at radius 2 is 2.14 bits per heavy atom. The average molecular weight is 396 g/mol. The van der Waals surface area contributed by atoms with Gasteiger partial charge in [-0.15, -0.1) is 11.3 Å². The van der Waals surface area contributed by atoms with E-state index in [0.717, 1.165) is 46.5 Å². The molecule has 0 bridgehead atoms. The van der Waals surface area contributed by atoms with Crippen LogP contribution in [0.1, 0.15) is 47.9 Å². The van der Waals surface area contributed by atoms with Gasteiger partial charge >= 0.3 is 0 Å². The predicted octanol–water partition coefficient (Wildman–Crippen LogP) is 4.40. The molecular weight excluding hydrogens is 370 g/mol. The van der Waals surface area contributed by atoms with Crippen molar-refractivity contribution in [1.29, 1.82) is 0 Å². The van der Waals surface area contributed by atoms with Crippen molar-refractivity contribution in [3.8, 4) is 0 Å². The van der Waals surface area contributed by atoms with E-state index in [1.165, 1.54) is 15.8 Å². The average Bonchev–Trinajstić information content (AvgIpc) is 3.03. The van der Waals surface area contributed by atoms with E-state index in [4.69, 9.17) is 0 Å². The second-order valence-corrected chi connectivity index (χ2v) is 8.99. The van der Waals surface area contributed by atoms with Gasteiger partial charge in [0.15, 0.2) is 0 Å². The maximum atomic E-state index is 13.2. The largest absolute Gasteiger partial charge is 0.324 e. The van der Waals surface area contributed by atoms with E-state index in [-0.39, 0.29) is 11.5 Å². The second-order valence-electron chi connectivity index (χ2n) is 7.90. The molecule has 0 saturated carbocycles. The first-order valence-corrected chi connectivity index (χ1v) is 10.6. The number of carbonyl (C=O) groups is 1. The van der Waals surface area contributed by atoms with Crippen LogP contribution in [0.5, 0.6) is 0 Å². The van der Waals surface area contributed by atoms with Crippen LogP contribution in [0.15, 0.2) is 29.3 Å². The van der Waals surface area contributed by atoms with E-state index in [0.29, 0.717) is 11.3 Å². The third kappa shape index (κ3) is 3.15. The highest BCUT2D eigenvalue weighted by Crippen LogP contribution is 2.35. The molecule has 146 valence electrons. The first kappa shape index (κ1) is 18.9. The van der Waals surface area contributed by atoms with E-state index in [1.807, 2.05) is 32.0 Å². The molecule has 0 aliphatic heterocycles. The number of anilines is 1. The minimum Gasteiger partial charge on any atom is -0.324 e. The minimum atomic E-state index is -0.637. The van der Waals surface area contributed by atoms with Gasteiger partial charge in [-0.25, -0.2) is 4.98 Å². The Kier molecular flexibility index (Phi) is 4.83. The van der Waals surface area contributed by atoms with Gasteiger partial charge in [0.25, 0.3) is 5.56 Å². The van der Waals surface area contributed by atoms with Gasteiger partial charge < -0.3 is 5.32 Å². The van der Waals surface area contributed by atoms with Crippen molar-refractivity contribution >= 4 is 33.1 Å². The maximum absolute atomic E-state index is 13.2. The third-order valence-corrected chi connectivity index (χ3v) is 7.06. The van der Waals surface area contributed by atoms with E-state index in [1.54, 1.807) is 18.3 Å². The molecule has 4 rings (SSSR count). The Hall–Kier alpha value is -2.47. The quantitative estimate of drug-likeness (QED) is 0.715. The topological polar surface area (TPSA) is 64.0 Å². The lowest BCUT2D eigenvalue weighted by molar-refractivity contribution is -0.118. The molecule has 3 aromatic rings. The molecule has 0 unspecified atom stereocenters. The van der Waals surface area contributed by atoms with Crippen molar-refractivity contribution in [2.24, 2.45) is 5.92 Å². The first-order chi connectivity index (χ1) is 13.4. The lowest BCUT2D eigenvalue weighted by atomic mass is 9.89. The van der Waals surface area contributed by atoms with Gasteiger partial charge in [0.05, 0.1) is 11.7 Å². The number of aromatic nitrogens is 2. The molecule has 1 N–H and O–H groups in total. The van der Waals surface area contributed by atoms with Crippen molar-refractivity contribution in [3.63, 3.8) is 0 Å². The zero-order chi connectivity index (χ0) is 20.0. The summed E-state index contributed by atoms with van der Waals surface area (Å²) in [5.74, 6) is 0.430. The minimum absolute atomic E-state index is 0.110. The third-order valence-electron chi connectivity index (χ3n) is 5.90. The van der Waals surface area contributed by atoms with E-state index >= 15 is 0 Å². The molecular formula is C22H25N3O2S. The van der Waals surface area contributed by atoms with Gasteiger partial charge in [-0.2, -0.15) is 0 Å². The van der Waals surface area contributed by atoms with Crippen molar-refractivity contribution in [1.82, 2.24) is 9.55 Å². The van der Waals surface area contributed by atoms with Crippen molar-refractivity contribution < 1.29 is 4.79 Å². The summed E-state index contributed by atoms with van der Waals surface area (Å²) in [7, 11) is 0. The summed E-state index contributed by atoms with van der Waals surface area (Å²) in [6.07, 6.45) is 4.54. The van der Waals surface area contributed by atoms with Crippen LogP contribution in [0.4, 0.5) is 5.69 Å². The van der Waals surface area contributed by atoms with Crippen LogP contribution in [0.2, 0.25) is 0 Å². The normalized spacial score (nSPS) is 17.4. The highest BCUT2D eigenvalue weighted by Gasteiger charge is 2.25. The SMILES string of the molecule is Cc1cccc(NC(=O)[C@H](C)n2cnc3sc4c(c3c2=O)CC[C@H](C)C4)c1C. The number of hydrogen-bond donors (Lipinski definition) is 1. The molecule has 0 spiro atoms. The van der Waals surface area contributed by atoms with E-state index < -0.39 is 6.04 Å². The zero-order valence-electron chi connectivity index (χ0n) is 16.7. The number of thiophene rings is 1. The molecule has 0 saturated heterocycles. The fourth-order valence-electron chi connectivity index (χ4n) is 3.87. The van der Waals surface area contributed by atoms with Gasteiger partial charge in [0.2, 0.25) is 5.91 Å². The Morgan fingerprint density at radius 1 is 1.36 bits per heavy atom. The van der Waals surface area contributed by atoms with Crippen LogP contribution in [-0.4, -0.2) is 15.5 Å². The van der Waals surface area contributed by atoms with Crippen LogP contribution in [0, 0.1) is 19.8 Å². The van der Waals surface area contributed by atoms with Gasteiger partial charge in [-0.3, -0.25) is 14.2 Å². The van der Waals surface area contributed by atoms with Crippen molar-refractivity contribution in [2.45, 2.75) is 53.0 Å². The molecule has 2 atom stereocenters. The Bertz CT molecular complexity index is 1130. The van der Waals surface area contributed by atoms with Gasteiger partial charge in [-0.1, -0.05) is 19.1 Å². The van der Waals surface area contributed by atoms with Crippen LogP contribution in [-0.2, 0) is 17.6 Å². The fourth-order valence-corrected chi connectivity index (χ4v) is 5.21. The summed E-state index contributed by atoms with van der Waals surface area (Å²) in [5, 5.41) is 3.67. The molecule has 5 nitrogen and oxygen atoms in total. The van der Waals surface area contributed by atoms with Crippen LogP contribution < -0.4 is 10.9 Å². The summed E-state index contributed by atoms with van der Waals surface area (Å²) in [4.78, 5) is 32.6. The lowest BCUT2D eigenvalue weighted by Crippen LogP contribution is -2.32. The molecule has 1 aliphatic rings. The number of rotatable bonds is 3. The fraction of sp³-hybridized carbons (Fsp3) is 0.409. The molecule has 2 heterocycles. The van der Waals surface area contributed by atoms with Crippen LogP contribution in [0.25, 0.3) is 10.2 Å². The summed E-state index contributed by atoms with van der Waals surface area (Å²) >= 11 is 1.63. The highest BCUT2D eigenvalue weighted by atomic mass is 32.1. The molecule has 2 aromatic heterocycles. The van der Waals surface area contributed by atoms with Crippen molar-refractivity contribution in [2.75, 3.05) is 5.32 Å². The Labute approximate surface area is 168 Å². The van der Waals surface area contributed by atoms with Crippen molar-refractivity contribution in [3.05, 3.63) is 56.4 Å². The van der Waals surface area contributed by atoms with Crippen LogP contribution in [0.3, 0.4) is 0 Å². The van der Waals surface area contributed by atoms with Gasteiger partial charge in [0.1, 0.15) is 10.9 Å². The molecule has 1 amide bonds. The van der Waals surface area contributed by atoms with Gasteiger partial charge in [0, 0.05) is 10.6 Å². The molecule has 6 heteroatoms. The Morgan fingerprint density at radius 3 is 2.93 bits per heavy atom. The van der Waals surface area contributed by atoms with Gasteiger partial charge in [-0.05, 0) is 68.7 Å². The highest BCUT2D eigenvalue weighted by molar-refractivity contribution is 7.18. The molecule has 0 fully saturated rings. The second kappa shape index (κ2) is 7.17. The summed E-state index contributed by atoms with van der Waals surface area (Å²) in [6.45, 7) is 7.99. The number of benzene rings is 1. The standard InChI is InChI=1S/C22H25N3O2S/c1-12-8-9-16-18(10-12)28-21-19(16)22(27)25(11-23-21)15(4)20(26)24-17-7-5-6-13(2)14(17)3/h5-7,11-12,15H,8-10H2,1-4H3,(H,24,26)/t12-,15-/m0/s1. The molecule has 1 aliphatic carbocycles. The summed E-state index contributed by atoms with van der Waals surface area (Å²) in [5.41, 5.74) is 3.96. The van der Waals surface area contributed by atoms with E-state index in [2.05, 4.69) is 17.2 Å². The first-order valence-electron chi connectivity index (χ1n) is 9.75. The Balaban J connectivity index is 1.68. The van der Waals surface area contributed by atoms with E-state index in [9.17, 15) is 9.59 Å². The number of fused-ring (bicyclic) bond motifs is 3. The monoisotopic (exact) mass is 395 g/mol. The molecule has 1 aromatic carbocycles. The number of aryl methyl sites for hydroxylation is 2.